The fourth-order valence-electron chi connectivity index (χ4n) is 5.57. The van der Waals surface area contributed by atoms with Gasteiger partial charge in [-0.05, 0) is 99.8 Å². The van der Waals surface area contributed by atoms with Crippen molar-refractivity contribution in [3.63, 3.8) is 0 Å². The van der Waals surface area contributed by atoms with Crippen molar-refractivity contribution < 1.29 is 37.3 Å². The summed E-state index contributed by atoms with van der Waals surface area (Å²) < 4.78 is 45.9. The number of benzene rings is 3. The molecule has 4 rings (SSSR count). The number of urea groups is 1. The SMILES string of the molecule is COc1ccc(NC(=O)Nc2ccc3c(c2)C(=O)N([C@@H](C)CO)C[C@H](C)[C@@H](CN(C)S(=O)(=O)c2ccc(Cl)cc2)OCCCC[C@@H](C)O3)cc1. The normalized spacial score (nSPS) is 19.9. The minimum Gasteiger partial charge on any atom is -0.497 e. The molecule has 0 aliphatic carbocycles. The summed E-state index contributed by atoms with van der Waals surface area (Å²) in [4.78, 5) is 28.9. The number of hydrogen-bond acceptors (Lipinski definition) is 8. The topological polar surface area (TPSA) is 147 Å². The quantitative estimate of drug-likeness (QED) is 0.239. The molecule has 3 aromatic rings. The van der Waals surface area contributed by atoms with E-state index in [4.69, 9.17) is 25.8 Å². The predicted molar refractivity (Wildman–Crippen MR) is 194 cm³/mol. The second kappa shape index (κ2) is 17.9. The van der Waals surface area contributed by atoms with Gasteiger partial charge in [-0.25, -0.2) is 13.2 Å². The number of hydrogen-bond donors (Lipinski definition) is 3. The minimum absolute atomic E-state index is 0.0368. The van der Waals surface area contributed by atoms with E-state index in [0.717, 1.165) is 12.8 Å². The van der Waals surface area contributed by atoms with Crippen LogP contribution in [0, 0.1) is 5.92 Å². The number of carbonyl (C=O) groups is 2. The van der Waals surface area contributed by atoms with Crippen molar-refractivity contribution in [2.24, 2.45) is 5.92 Å². The number of sulfonamides is 1. The molecule has 0 bridgehead atoms. The summed E-state index contributed by atoms with van der Waals surface area (Å²) in [6.45, 7) is 5.80. The summed E-state index contributed by atoms with van der Waals surface area (Å²) >= 11 is 5.99. The maximum atomic E-state index is 14.4. The number of ether oxygens (including phenoxy) is 3. The molecule has 50 heavy (non-hydrogen) atoms. The smallest absolute Gasteiger partial charge is 0.323 e. The molecule has 0 aromatic heterocycles. The van der Waals surface area contributed by atoms with E-state index in [-0.39, 0.29) is 42.2 Å². The Labute approximate surface area is 299 Å². The van der Waals surface area contributed by atoms with Crippen molar-refractivity contribution in [3.05, 3.63) is 77.3 Å². The van der Waals surface area contributed by atoms with Gasteiger partial charge in [-0.1, -0.05) is 18.5 Å². The number of carbonyl (C=O) groups excluding carboxylic acids is 2. The Hall–Kier alpha value is -3.88. The van der Waals surface area contributed by atoms with E-state index in [0.29, 0.717) is 40.9 Å². The Balaban J connectivity index is 1.61. The molecule has 3 amide bonds. The predicted octanol–water partition coefficient (Wildman–Crippen LogP) is 6.11. The van der Waals surface area contributed by atoms with Crippen LogP contribution in [0.5, 0.6) is 11.5 Å². The zero-order chi connectivity index (χ0) is 36.4. The standard InChI is InChI=1S/C36H47ClN4O8S/c1-24-21-41(25(2)23-42)35(43)32-20-29(39-36(44)38-28-11-14-30(47-5)15-12-28)13-18-33(32)49-26(3)8-6-7-19-48-34(24)22-40(4)50(45,46)31-16-9-27(37)10-17-31/h9-18,20,24-26,34,42H,6-8,19,21-23H2,1-5H3,(H2,38,39,44)/t24-,25-,26+,34+/m0/s1. The maximum absolute atomic E-state index is 14.4. The third-order valence-corrected chi connectivity index (χ3v) is 10.7. The van der Waals surface area contributed by atoms with Crippen LogP contribution in [0.3, 0.4) is 0 Å². The number of fused-ring (bicyclic) bond motifs is 1. The Morgan fingerprint density at radius 3 is 2.38 bits per heavy atom. The van der Waals surface area contributed by atoms with Crippen molar-refractivity contribution in [2.45, 2.75) is 63.2 Å². The van der Waals surface area contributed by atoms with Gasteiger partial charge in [-0.15, -0.1) is 0 Å². The van der Waals surface area contributed by atoms with Crippen molar-refractivity contribution >= 4 is 44.9 Å². The Morgan fingerprint density at radius 1 is 1.06 bits per heavy atom. The number of methoxy groups -OCH3 is 1. The van der Waals surface area contributed by atoms with Gasteiger partial charge in [0.1, 0.15) is 11.5 Å². The third kappa shape index (κ3) is 10.3. The van der Waals surface area contributed by atoms with Gasteiger partial charge in [0.25, 0.3) is 5.91 Å². The van der Waals surface area contributed by atoms with Gasteiger partial charge in [0, 0.05) is 49.1 Å². The first-order chi connectivity index (χ1) is 23.8. The summed E-state index contributed by atoms with van der Waals surface area (Å²) in [5, 5.41) is 16.2. The van der Waals surface area contributed by atoms with Crippen LogP contribution in [-0.2, 0) is 14.8 Å². The first-order valence-corrected chi connectivity index (χ1v) is 18.4. The molecular formula is C36H47ClN4O8S. The van der Waals surface area contributed by atoms with Gasteiger partial charge in [0.15, 0.2) is 0 Å². The van der Waals surface area contributed by atoms with Gasteiger partial charge < -0.3 is 34.9 Å². The van der Waals surface area contributed by atoms with Gasteiger partial charge in [-0.3, -0.25) is 4.79 Å². The van der Waals surface area contributed by atoms with Crippen LogP contribution in [-0.4, -0.2) is 93.4 Å². The molecule has 3 aromatic carbocycles. The van der Waals surface area contributed by atoms with E-state index >= 15 is 0 Å². The molecule has 1 aliphatic rings. The second-order valence-corrected chi connectivity index (χ2v) is 15.0. The summed E-state index contributed by atoms with van der Waals surface area (Å²) in [7, 11) is -0.801. The van der Waals surface area contributed by atoms with Crippen LogP contribution in [0.1, 0.15) is 50.4 Å². The Morgan fingerprint density at radius 2 is 1.72 bits per heavy atom. The number of aliphatic hydroxyl groups excluding tert-OH is 1. The van der Waals surface area contributed by atoms with Gasteiger partial charge in [-0.2, -0.15) is 4.31 Å². The number of likely N-dealkylation sites (N-methyl/N-ethyl adjacent to an activating group) is 1. The van der Waals surface area contributed by atoms with Crippen LogP contribution < -0.4 is 20.1 Å². The van der Waals surface area contributed by atoms with Crippen LogP contribution in [0.2, 0.25) is 5.02 Å². The third-order valence-electron chi connectivity index (χ3n) is 8.62. The number of nitrogens with one attached hydrogen (secondary N) is 2. The zero-order valence-corrected chi connectivity index (χ0v) is 30.7. The zero-order valence-electron chi connectivity index (χ0n) is 29.1. The average Bonchev–Trinajstić information content (AvgIpc) is 3.09. The monoisotopic (exact) mass is 730 g/mol. The van der Waals surface area contributed by atoms with Gasteiger partial charge >= 0.3 is 6.03 Å². The van der Waals surface area contributed by atoms with Crippen molar-refractivity contribution in [1.82, 2.24) is 9.21 Å². The lowest BCUT2D eigenvalue weighted by atomic mass is 10.0. The Bertz CT molecular complexity index is 1690. The molecule has 0 radical (unpaired) electrons. The average molecular weight is 731 g/mol. The molecule has 0 fully saturated rings. The summed E-state index contributed by atoms with van der Waals surface area (Å²) in [5.74, 6) is 0.236. The highest BCUT2D eigenvalue weighted by Crippen LogP contribution is 2.29. The number of halogens is 1. The molecule has 272 valence electrons. The van der Waals surface area contributed by atoms with Crippen molar-refractivity contribution in [1.29, 1.82) is 0 Å². The highest BCUT2D eigenvalue weighted by Gasteiger charge is 2.32. The van der Waals surface area contributed by atoms with Crippen LogP contribution in [0.4, 0.5) is 16.2 Å². The fraction of sp³-hybridized carbons (Fsp3) is 0.444. The van der Waals surface area contributed by atoms with Gasteiger partial charge in [0.2, 0.25) is 10.0 Å². The van der Waals surface area contributed by atoms with Crippen LogP contribution >= 0.6 is 11.6 Å². The lowest BCUT2D eigenvalue weighted by Gasteiger charge is -2.35. The molecule has 0 saturated heterocycles. The van der Waals surface area contributed by atoms with E-state index < -0.39 is 34.1 Å². The first kappa shape index (κ1) is 38.9. The molecule has 4 atom stereocenters. The molecule has 14 heteroatoms. The van der Waals surface area contributed by atoms with E-state index in [2.05, 4.69) is 10.6 Å². The lowest BCUT2D eigenvalue weighted by Crippen LogP contribution is -2.48. The second-order valence-electron chi connectivity index (χ2n) is 12.6. The van der Waals surface area contributed by atoms with E-state index in [1.54, 1.807) is 56.5 Å². The fourth-order valence-corrected chi connectivity index (χ4v) is 6.88. The van der Waals surface area contributed by atoms with Crippen LogP contribution in [0.15, 0.2) is 71.6 Å². The molecule has 0 saturated carbocycles. The summed E-state index contributed by atoms with van der Waals surface area (Å²) in [6, 6.07) is 16.6. The highest BCUT2D eigenvalue weighted by atomic mass is 35.5. The molecule has 0 unspecified atom stereocenters. The molecule has 12 nitrogen and oxygen atoms in total. The largest absolute Gasteiger partial charge is 0.497 e. The summed E-state index contributed by atoms with van der Waals surface area (Å²) in [5.41, 5.74) is 1.12. The van der Waals surface area contributed by atoms with Crippen molar-refractivity contribution in [3.8, 4) is 11.5 Å². The van der Waals surface area contributed by atoms with Crippen molar-refractivity contribution in [2.75, 3.05) is 51.1 Å². The molecule has 1 heterocycles. The molecular weight excluding hydrogens is 684 g/mol. The van der Waals surface area contributed by atoms with Crippen LogP contribution in [0.25, 0.3) is 0 Å². The number of rotatable bonds is 9. The maximum Gasteiger partial charge on any atom is 0.323 e. The molecule has 0 spiro atoms. The van der Waals surface area contributed by atoms with E-state index in [1.165, 1.54) is 40.5 Å². The molecule has 1 aliphatic heterocycles. The summed E-state index contributed by atoms with van der Waals surface area (Å²) in [6.07, 6.45) is 1.37. The number of aliphatic hydroxyl groups is 1. The lowest BCUT2D eigenvalue weighted by molar-refractivity contribution is -0.00833. The van der Waals surface area contributed by atoms with Gasteiger partial charge in [0.05, 0.1) is 42.4 Å². The van der Waals surface area contributed by atoms with E-state index in [1.807, 2.05) is 13.8 Å². The highest BCUT2D eigenvalue weighted by molar-refractivity contribution is 7.89. The minimum atomic E-state index is -3.86. The number of anilines is 2. The molecule has 3 N–H and O–H groups in total. The number of amides is 3. The van der Waals surface area contributed by atoms with E-state index in [9.17, 15) is 23.1 Å². The Kier molecular flexibility index (Phi) is 13.9. The number of nitrogens with zero attached hydrogens (tertiary/aromatic N) is 2. The first-order valence-electron chi connectivity index (χ1n) is 16.6.